The zero-order chi connectivity index (χ0) is 15.4. The molecule has 6 rings (SSSR count). The average molecular weight is 308 g/mol. The Hall–Kier alpha value is -1.97. The third-order valence-corrected chi connectivity index (χ3v) is 6.14. The predicted molar refractivity (Wildman–Crippen MR) is 86.3 cm³/mol. The van der Waals surface area contributed by atoms with Gasteiger partial charge in [-0.15, -0.1) is 0 Å². The largest absolute Gasteiger partial charge is 0.406 e. The van der Waals surface area contributed by atoms with Gasteiger partial charge in [-0.05, 0) is 73.5 Å². The summed E-state index contributed by atoms with van der Waals surface area (Å²) in [7, 11) is 0. The predicted octanol–water partition coefficient (Wildman–Crippen LogP) is 3.45. The number of hydrogen-bond acceptors (Lipinski definition) is 4. The van der Waals surface area contributed by atoms with Gasteiger partial charge in [0, 0.05) is 18.3 Å². The fraction of sp³-hybridized carbons (Fsp3) is 0.526. The minimum Gasteiger partial charge on any atom is -0.406 e. The van der Waals surface area contributed by atoms with Gasteiger partial charge in [0.1, 0.15) is 0 Å². The summed E-state index contributed by atoms with van der Waals surface area (Å²) in [5.74, 6) is 3.93. The molecule has 0 N–H and O–H groups in total. The third-order valence-electron chi connectivity index (χ3n) is 6.14. The number of carbonyl (C=O) groups excluding carboxylic acids is 1. The van der Waals surface area contributed by atoms with Gasteiger partial charge in [-0.3, -0.25) is 4.98 Å². The fourth-order valence-corrected chi connectivity index (χ4v) is 5.52. The zero-order valence-electron chi connectivity index (χ0n) is 13.0. The molecular formula is C19H20N2O2. The van der Waals surface area contributed by atoms with Gasteiger partial charge in [0.05, 0.1) is 0 Å². The summed E-state index contributed by atoms with van der Waals surface area (Å²) >= 11 is 0. The van der Waals surface area contributed by atoms with Crippen molar-refractivity contribution < 1.29 is 9.53 Å². The lowest BCUT2D eigenvalue weighted by molar-refractivity contribution is -0.130. The second-order valence-corrected chi connectivity index (χ2v) is 7.61. The van der Waals surface area contributed by atoms with Crippen molar-refractivity contribution in [1.82, 2.24) is 4.98 Å². The molecule has 1 aliphatic heterocycles. The first kappa shape index (κ1) is 13.5. The summed E-state index contributed by atoms with van der Waals surface area (Å²) in [6.45, 7) is 0. The van der Waals surface area contributed by atoms with Crippen LogP contribution in [0.4, 0.5) is 0 Å². The molecule has 4 heteroatoms. The van der Waals surface area contributed by atoms with Crippen LogP contribution in [0, 0.1) is 29.6 Å². The van der Waals surface area contributed by atoms with Crippen molar-refractivity contribution >= 4 is 17.9 Å². The first-order valence-corrected chi connectivity index (χ1v) is 8.69. The van der Waals surface area contributed by atoms with Crippen molar-refractivity contribution in [3.05, 3.63) is 35.8 Å². The van der Waals surface area contributed by atoms with Crippen molar-refractivity contribution in [2.45, 2.75) is 32.1 Å². The maximum atomic E-state index is 12.2. The zero-order valence-corrected chi connectivity index (χ0v) is 13.0. The van der Waals surface area contributed by atoms with E-state index in [0.717, 1.165) is 17.4 Å². The molecule has 0 spiro atoms. The van der Waals surface area contributed by atoms with Crippen LogP contribution in [-0.4, -0.2) is 16.9 Å². The minimum absolute atomic E-state index is 0.308. The summed E-state index contributed by atoms with van der Waals surface area (Å²) < 4.78 is 5.59. The van der Waals surface area contributed by atoms with Crippen LogP contribution in [0.25, 0.3) is 6.08 Å². The molecule has 5 aliphatic rings. The van der Waals surface area contributed by atoms with Gasteiger partial charge in [-0.1, -0.05) is 6.07 Å². The van der Waals surface area contributed by atoms with Crippen LogP contribution in [0.3, 0.4) is 0 Å². The maximum absolute atomic E-state index is 12.2. The summed E-state index contributed by atoms with van der Waals surface area (Å²) in [4.78, 5) is 20.9. The van der Waals surface area contributed by atoms with Crippen LogP contribution >= 0.6 is 0 Å². The average Bonchev–Trinajstić information content (AvgIpc) is 2.88. The number of esters is 1. The van der Waals surface area contributed by atoms with Crippen LogP contribution in [0.15, 0.2) is 35.2 Å². The van der Waals surface area contributed by atoms with E-state index in [1.807, 2.05) is 12.1 Å². The Labute approximate surface area is 135 Å². The SMILES string of the molecule is O=C1OC(C2C3CC4CC(C3)CC2C4)=NC1=Cc1cccnc1. The van der Waals surface area contributed by atoms with Crippen LogP contribution in [0.2, 0.25) is 0 Å². The molecule has 0 aromatic carbocycles. The Morgan fingerprint density at radius 3 is 2.48 bits per heavy atom. The molecule has 4 fully saturated rings. The lowest BCUT2D eigenvalue weighted by atomic mass is 9.52. The first-order chi connectivity index (χ1) is 11.3. The molecule has 4 bridgehead atoms. The smallest absolute Gasteiger partial charge is 0.363 e. The number of pyridine rings is 1. The topological polar surface area (TPSA) is 51.5 Å². The molecule has 23 heavy (non-hydrogen) atoms. The van der Waals surface area contributed by atoms with Crippen molar-refractivity contribution in [3.8, 4) is 0 Å². The van der Waals surface area contributed by atoms with Crippen LogP contribution in [0.5, 0.6) is 0 Å². The molecule has 2 heterocycles. The minimum atomic E-state index is -0.308. The van der Waals surface area contributed by atoms with Crippen molar-refractivity contribution in [3.63, 3.8) is 0 Å². The summed E-state index contributed by atoms with van der Waals surface area (Å²) in [6, 6.07) is 3.78. The highest BCUT2D eigenvalue weighted by Gasteiger charge is 2.51. The van der Waals surface area contributed by atoms with Crippen molar-refractivity contribution in [2.24, 2.45) is 34.6 Å². The Morgan fingerprint density at radius 2 is 1.83 bits per heavy atom. The van der Waals surface area contributed by atoms with Crippen molar-refractivity contribution in [1.29, 1.82) is 0 Å². The Morgan fingerprint density at radius 1 is 1.09 bits per heavy atom. The molecule has 0 amide bonds. The summed E-state index contributed by atoms with van der Waals surface area (Å²) in [6.07, 6.45) is 11.9. The van der Waals surface area contributed by atoms with E-state index in [1.165, 1.54) is 32.1 Å². The second-order valence-electron chi connectivity index (χ2n) is 7.61. The summed E-state index contributed by atoms with van der Waals surface area (Å²) in [5.41, 5.74) is 1.30. The molecule has 0 unspecified atom stereocenters. The van der Waals surface area contributed by atoms with E-state index in [4.69, 9.17) is 4.74 Å². The highest BCUT2D eigenvalue weighted by Crippen LogP contribution is 2.57. The highest BCUT2D eigenvalue weighted by molar-refractivity contribution is 6.08. The van der Waals surface area contributed by atoms with E-state index in [9.17, 15) is 4.79 Å². The molecule has 1 aromatic heterocycles. The molecule has 1 aromatic rings. The van der Waals surface area contributed by atoms with E-state index in [2.05, 4.69) is 9.98 Å². The van der Waals surface area contributed by atoms with Gasteiger partial charge >= 0.3 is 5.97 Å². The lowest BCUT2D eigenvalue weighted by Crippen LogP contribution is -2.48. The summed E-state index contributed by atoms with van der Waals surface area (Å²) in [5, 5.41) is 0. The molecule has 4 nitrogen and oxygen atoms in total. The quantitative estimate of drug-likeness (QED) is 0.621. The van der Waals surface area contributed by atoms with Gasteiger partial charge in [0.15, 0.2) is 5.70 Å². The molecule has 4 aliphatic carbocycles. The van der Waals surface area contributed by atoms with Gasteiger partial charge in [0.2, 0.25) is 5.90 Å². The molecule has 0 atom stereocenters. The first-order valence-electron chi connectivity index (χ1n) is 8.69. The molecule has 118 valence electrons. The Kier molecular flexibility index (Phi) is 2.94. The Balaban J connectivity index is 1.44. The number of ether oxygens (including phenoxy) is 1. The van der Waals surface area contributed by atoms with E-state index in [-0.39, 0.29) is 5.97 Å². The number of hydrogen-bond donors (Lipinski definition) is 0. The monoisotopic (exact) mass is 308 g/mol. The number of aromatic nitrogens is 1. The number of carbonyl (C=O) groups is 1. The third kappa shape index (κ3) is 2.23. The van der Waals surface area contributed by atoms with Crippen LogP contribution in [-0.2, 0) is 9.53 Å². The highest BCUT2D eigenvalue weighted by atomic mass is 16.6. The van der Waals surface area contributed by atoms with E-state index < -0.39 is 0 Å². The van der Waals surface area contributed by atoms with E-state index in [0.29, 0.717) is 29.3 Å². The number of cyclic esters (lactones) is 1. The number of aliphatic imine (C=N–C) groups is 1. The van der Waals surface area contributed by atoms with E-state index in [1.54, 1.807) is 18.5 Å². The van der Waals surface area contributed by atoms with Crippen LogP contribution < -0.4 is 0 Å². The standard InChI is InChI=1S/C19H20N2O2/c22-19-16(9-11-2-1-3-20-10-11)21-18(23-19)17-14-5-12-4-13(7-14)8-15(17)6-12/h1-3,9-10,12-15,17H,4-8H2. The second kappa shape index (κ2) is 5.02. The van der Waals surface area contributed by atoms with E-state index >= 15 is 0 Å². The number of nitrogens with zero attached hydrogens (tertiary/aromatic N) is 2. The van der Waals surface area contributed by atoms with Gasteiger partial charge in [-0.25, -0.2) is 9.79 Å². The maximum Gasteiger partial charge on any atom is 0.363 e. The number of rotatable bonds is 2. The Bertz CT molecular complexity index is 679. The molecule has 4 saturated carbocycles. The van der Waals surface area contributed by atoms with Gasteiger partial charge < -0.3 is 4.74 Å². The fourth-order valence-electron chi connectivity index (χ4n) is 5.52. The van der Waals surface area contributed by atoms with Crippen molar-refractivity contribution in [2.75, 3.05) is 0 Å². The van der Waals surface area contributed by atoms with Gasteiger partial charge in [0.25, 0.3) is 0 Å². The van der Waals surface area contributed by atoms with Gasteiger partial charge in [-0.2, -0.15) is 0 Å². The normalized spacial score (nSPS) is 39.7. The lowest BCUT2D eigenvalue weighted by Gasteiger charge is -2.53. The van der Waals surface area contributed by atoms with Crippen LogP contribution in [0.1, 0.15) is 37.7 Å². The molecular weight excluding hydrogens is 288 g/mol. The molecule has 0 radical (unpaired) electrons. The molecule has 0 saturated heterocycles.